The SMILES string of the molecule is CCOC(=O)[C@@]1(C)Sc2ccccc2NC1=O. The predicted octanol–water partition coefficient (Wildman–Crippen LogP) is 2.05. The summed E-state index contributed by atoms with van der Waals surface area (Å²) in [5, 5.41) is 2.73. The first-order chi connectivity index (χ1) is 8.08. The molecule has 4 nitrogen and oxygen atoms in total. The number of anilines is 1. The maximum Gasteiger partial charge on any atom is 0.332 e. The lowest BCUT2D eigenvalue weighted by Crippen LogP contribution is -2.47. The van der Waals surface area contributed by atoms with Crippen LogP contribution in [0.25, 0.3) is 0 Å². The molecule has 1 atom stereocenters. The average Bonchev–Trinajstić information content (AvgIpc) is 2.31. The largest absolute Gasteiger partial charge is 0.465 e. The molecule has 1 amide bonds. The summed E-state index contributed by atoms with van der Waals surface area (Å²) in [5.41, 5.74) is 0.740. The summed E-state index contributed by atoms with van der Waals surface area (Å²) in [5.74, 6) is -0.836. The molecule has 1 heterocycles. The molecular weight excluding hydrogens is 238 g/mol. The number of nitrogens with one attached hydrogen (secondary N) is 1. The number of rotatable bonds is 2. The van der Waals surface area contributed by atoms with E-state index in [0.717, 1.165) is 10.6 Å². The summed E-state index contributed by atoms with van der Waals surface area (Å²) >= 11 is 1.23. The minimum Gasteiger partial charge on any atom is -0.465 e. The van der Waals surface area contributed by atoms with E-state index >= 15 is 0 Å². The highest BCUT2D eigenvalue weighted by atomic mass is 32.2. The fourth-order valence-electron chi connectivity index (χ4n) is 1.57. The van der Waals surface area contributed by atoms with Crippen molar-refractivity contribution >= 4 is 29.3 Å². The van der Waals surface area contributed by atoms with Gasteiger partial charge < -0.3 is 10.1 Å². The highest BCUT2D eigenvalue weighted by Crippen LogP contribution is 2.42. The van der Waals surface area contributed by atoms with Gasteiger partial charge in [0.25, 0.3) is 5.91 Å². The van der Waals surface area contributed by atoms with Gasteiger partial charge in [-0.15, -0.1) is 0 Å². The maximum absolute atomic E-state index is 12.0. The molecule has 0 spiro atoms. The number of carbonyl (C=O) groups excluding carboxylic acids is 2. The van der Waals surface area contributed by atoms with Crippen molar-refractivity contribution in [2.75, 3.05) is 11.9 Å². The molecule has 1 aliphatic rings. The molecule has 5 heteroatoms. The molecule has 1 N–H and O–H groups in total. The van der Waals surface area contributed by atoms with Crippen molar-refractivity contribution in [3.8, 4) is 0 Å². The second kappa shape index (κ2) is 4.41. The van der Waals surface area contributed by atoms with E-state index in [9.17, 15) is 9.59 Å². The number of esters is 1. The fraction of sp³-hybridized carbons (Fsp3) is 0.333. The van der Waals surface area contributed by atoms with Crippen molar-refractivity contribution in [3.05, 3.63) is 24.3 Å². The van der Waals surface area contributed by atoms with Crippen molar-refractivity contribution < 1.29 is 14.3 Å². The summed E-state index contributed by atoms with van der Waals surface area (Å²) in [6, 6.07) is 7.39. The van der Waals surface area contributed by atoms with Gasteiger partial charge in [-0.3, -0.25) is 4.79 Å². The first-order valence-corrected chi connectivity index (χ1v) is 6.16. The Bertz CT molecular complexity index is 475. The zero-order valence-corrected chi connectivity index (χ0v) is 10.5. The minimum atomic E-state index is -1.20. The Morgan fingerprint density at radius 1 is 1.47 bits per heavy atom. The lowest BCUT2D eigenvalue weighted by Gasteiger charge is -2.30. The van der Waals surface area contributed by atoms with E-state index in [1.165, 1.54) is 11.8 Å². The van der Waals surface area contributed by atoms with Gasteiger partial charge in [0.1, 0.15) is 0 Å². The first-order valence-electron chi connectivity index (χ1n) is 5.34. The quantitative estimate of drug-likeness (QED) is 0.645. The first kappa shape index (κ1) is 12.0. The fourth-order valence-corrected chi connectivity index (χ4v) is 2.67. The predicted molar refractivity (Wildman–Crippen MR) is 66.0 cm³/mol. The number of benzene rings is 1. The number of thioether (sulfide) groups is 1. The molecule has 1 aromatic carbocycles. The highest BCUT2D eigenvalue weighted by Gasteiger charge is 2.47. The van der Waals surface area contributed by atoms with Crippen LogP contribution in [-0.2, 0) is 14.3 Å². The molecule has 0 aromatic heterocycles. The third-order valence-electron chi connectivity index (χ3n) is 2.55. The summed E-state index contributed by atoms with van der Waals surface area (Å²) < 4.78 is 3.75. The molecular formula is C12H13NO3S. The number of fused-ring (bicyclic) bond motifs is 1. The van der Waals surface area contributed by atoms with E-state index in [-0.39, 0.29) is 12.5 Å². The zero-order valence-electron chi connectivity index (χ0n) is 9.65. The standard InChI is InChI=1S/C12H13NO3S/c1-3-16-11(15)12(2)10(14)13-8-6-4-5-7-9(8)17-12/h4-7H,3H2,1-2H3,(H,13,14)/t12-/m0/s1. The van der Waals surface area contributed by atoms with Gasteiger partial charge in [-0.25, -0.2) is 4.79 Å². The molecule has 0 saturated carbocycles. The summed E-state index contributed by atoms with van der Waals surface area (Å²) in [4.78, 5) is 24.7. The molecule has 0 fully saturated rings. The third kappa shape index (κ3) is 2.02. The smallest absolute Gasteiger partial charge is 0.332 e. The van der Waals surface area contributed by atoms with Gasteiger partial charge in [-0.2, -0.15) is 0 Å². The number of para-hydroxylation sites is 1. The Labute approximate surface area is 104 Å². The highest BCUT2D eigenvalue weighted by molar-refractivity contribution is 8.02. The Morgan fingerprint density at radius 3 is 2.88 bits per heavy atom. The van der Waals surface area contributed by atoms with E-state index < -0.39 is 10.7 Å². The van der Waals surface area contributed by atoms with Crippen molar-refractivity contribution in [3.63, 3.8) is 0 Å². The number of ether oxygens (including phenoxy) is 1. The van der Waals surface area contributed by atoms with Crippen molar-refractivity contribution in [2.45, 2.75) is 23.5 Å². The van der Waals surface area contributed by atoms with E-state index in [1.807, 2.05) is 24.3 Å². The van der Waals surface area contributed by atoms with Crippen LogP contribution in [0.2, 0.25) is 0 Å². The topological polar surface area (TPSA) is 55.4 Å². The lowest BCUT2D eigenvalue weighted by atomic mass is 10.1. The number of hydrogen-bond donors (Lipinski definition) is 1. The van der Waals surface area contributed by atoms with Crippen molar-refractivity contribution in [1.29, 1.82) is 0 Å². The second-order valence-electron chi connectivity index (χ2n) is 3.81. The van der Waals surface area contributed by atoms with E-state index in [1.54, 1.807) is 13.8 Å². The van der Waals surface area contributed by atoms with Gasteiger partial charge in [0.05, 0.1) is 12.3 Å². The molecule has 0 aliphatic carbocycles. The van der Waals surface area contributed by atoms with Crippen LogP contribution >= 0.6 is 11.8 Å². The van der Waals surface area contributed by atoms with Crippen LogP contribution in [0.3, 0.4) is 0 Å². The van der Waals surface area contributed by atoms with Crippen LogP contribution in [0.15, 0.2) is 29.2 Å². The van der Waals surface area contributed by atoms with Gasteiger partial charge in [0, 0.05) is 4.90 Å². The maximum atomic E-state index is 12.0. The van der Waals surface area contributed by atoms with Crippen molar-refractivity contribution in [1.82, 2.24) is 0 Å². The lowest BCUT2D eigenvalue weighted by molar-refractivity contribution is -0.148. The summed E-state index contributed by atoms with van der Waals surface area (Å²) in [6.45, 7) is 3.57. The third-order valence-corrected chi connectivity index (χ3v) is 3.88. The number of amides is 1. The number of hydrogen-bond acceptors (Lipinski definition) is 4. The van der Waals surface area contributed by atoms with Crippen molar-refractivity contribution in [2.24, 2.45) is 0 Å². The van der Waals surface area contributed by atoms with E-state index in [4.69, 9.17) is 4.74 Å². The molecule has 1 aliphatic heterocycles. The Hall–Kier alpha value is -1.49. The molecule has 0 radical (unpaired) electrons. The van der Waals surface area contributed by atoms with Crippen LogP contribution < -0.4 is 5.32 Å². The van der Waals surface area contributed by atoms with Gasteiger partial charge in [-0.1, -0.05) is 23.9 Å². The van der Waals surface area contributed by atoms with Crippen LogP contribution in [0, 0.1) is 0 Å². The molecule has 90 valence electrons. The monoisotopic (exact) mass is 251 g/mol. The van der Waals surface area contributed by atoms with Gasteiger partial charge in [-0.05, 0) is 26.0 Å². The van der Waals surface area contributed by atoms with Crippen LogP contribution in [0.5, 0.6) is 0 Å². The van der Waals surface area contributed by atoms with Gasteiger partial charge in [0.2, 0.25) is 0 Å². The summed E-state index contributed by atoms with van der Waals surface area (Å²) in [6.07, 6.45) is 0. The number of carbonyl (C=O) groups is 2. The molecule has 2 rings (SSSR count). The summed E-state index contributed by atoms with van der Waals surface area (Å²) in [7, 11) is 0. The molecule has 0 unspecified atom stereocenters. The van der Waals surface area contributed by atoms with Gasteiger partial charge in [0.15, 0.2) is 4.75 Å². The Morgan fingerprint density at radius 2 is 2.18 bits per heavy atom. The zero-order chi connectivity index (χ0) is 12.5. The van der Waals surface area contributed by atoms with Crippen LogP contribution in [0.4, 0.5) is 5.69 Å². The van der Waals surface area contributed by atoms with Crippen LogP contribution in [-0.4, -0.2) is 23.2 Å². The Balaban J connectivity index is 2.34. The van der Waals surface area contributed by atoms with Gasteiger partial charge >= 0.3 is 5.97 Å². The molecule has 0 bridgehead atoms. The van der Waals surface area contributed by atoms with Crippen LogP contribution in [0.1, 0.15) is 13.8 Å². The second-order valence-corrected chi connectivity index (χ2v) is 5.27. The minimum absolute atomic E-state index is 0.268. The average molecular weight is 251 g/mol. The van der Waals surface area contributed by atoms with E-state index in [0.29, 0.717) is 0 Å². The van der Waals surface area contributed by atoms with E-state index in [2.05, 4.69) is 5.32 Å². The molecule has 1 aromatic rings. The normalized spacial score (nSPS) is 22.6. The molecule has 17 heavy (non-hydrogen) atoms. The molecule has 0 saturated heterocycles. The Kier molecular flexibility index (Phi) is 3.11.